The van der Waals surface area contributed by atoms with Gasteiger partial charge < -0.3 is 16.2 Å². The van der Waals surface area contributed by atoms with Crippen molar-refractivity contribution in [3.63, 3.8) is 0 Å². The molecule has 7 heteroatoms. The molecule has 0 saturated heterocycles. The lowest BCUT2D eigenvalue weighted by atomic mass is 9.85. The van der Waals surface area contributed by atoms with Crippen molar-refractivity contribution in [3.05, 3.63) is 29.3 Å². The summed E-state index contributed by atoms with van der Waals surface area (Å²) >= 11 is 0. The number of carbonyl (C=O) groups excluding carboxylic acids is 1. The Balaban J connectivity index is 2.17. The van der Waals surface area contributed by atoms with Crippen LogP contribution in [0.25, 0.3) is 0 Å². The van der Waals surface area contributed by atoms with Crippen LogP contribution in [-0.2, 0) is 4.79 Å². The number of nitrogens with one attached hydrogen (secondary N) is 1. The van der Waals surface area contributed by atoms with Crippen LogP contribution < -0.4 is 11.1 Å². The summed E-state index contributed by atoms with van der Waals surface area (Å²) in [4.78, 5) is 22.1. The summed E-state index contributed by atoms with van der Waals surface area (Å²) in [7, 11) is 0. The molecule has 5 nitrogen and oxygen atoms in total. The van der Waals surface area contributed by atoms with Crippen LogP contribution >= 0.6 is 0 Å². The second-order valence-electron chi connectivity index (χ2n) is 5.22. The summed E-state index contributed by atoms with van der Waals surface area (Å²) in [5, 5.41) is 11.9. The van der Waals surface area contributed by atoms with Gasteiger partial charge in [0, 0.05) is 12.1 Å². The van der Waals surface area contributed by atoms with Gasteiger partial charge in [-0.1, -0.05) is 6.42 Å². The van der Waals surface area contributed by atoms with Gasteiger partial charge in [-0.25, -0.2) is 8.78 Å². The smallest absolute Gasteiger partial charge is 0.306 e. The molecule has 4 N–H and O–H groups in total. The lowest BCUT2D eigenvalue weighted by molar-refractivity contribution is -0.142. The van der Waals surface area contributed by atoms with E-state index < -0.39 is 35.0 Å². The first-order valence-corrected chi connectivity index (χ1v) is 6.66. The number of amides is 1. The zero-order chi connectivity index (χ0) is 15.6. The van der Waals surface area contributed by atoms with E-state index in [-0.39, 0.29) is 11.7 Å². The summed E-state index contributed by atoms with van der Waals surface area (Å²) < 4.78 is 27.1. The van der Waals surface area contributed by atoms with E-state index in [2.05, 4.69) is 5.32 Å². The molecule has 1 aliphatic carbocycles. The van der Waals surface area contributed by atoms with E-state index in [0.29, 0.717) is 31.7 Å². The molecular weight excluding hydrogens is 282 g/mol. The second-order valence-corrected chi connectivity index (χ2v) is 5.22. The third kappa shape index (κ3) is 3.48. The van der Waals surface area contributed by atoms with Crippen molar-refractivity contribution >= 4 is 17.6 Å². The molecule has 1 fully saturated rings. The van der Waals surface area contributed by atoms with Crippen molar-refractivity contribution in [2.75, 3.05) is 5.32 Å². The molecule has 0 heterocycles. The van der Waals surface area contributed by atoms with Crippen LogP contribution in [0.15, 0.2) is 12.1 Å². The molecule has 2 unspecified atom stereocenters. The maximum Gasteiger partial charge on any atom is 0.306 e. The highest BCUT2D eigenvalue weighted by molar-refractivity contribution is 5.94. The molecule has 0 radical (unpaired) electrons. The Morgan fingerprint density at radius 1 is 1.24 bits per heavy atom. The average molecular weight is 298 g/mol. The summed E-state index contributed by atoms with van der Waals surface area (Å²) in [6.07, 6.45) is 2.34. The van der Waals surface area contributed by atoms with E-state index in [4.69, 9.17) is 10.8 Å². The number of aliphatic carboxylic acids is 1. The minimum atomic E-state index is -1.02. The third-order valence-electron chi connectivity index (χ3n) is 3.71. The highest BCUT2D eigenvalue weighted by atomic mass is 19.1. The number of hydrogen-bond donors (Lipinski definition) is 3. The highest BCUT2D eigenvalue weighted by Crippen LogP contribution is 2.28. The van der Waals surface area contributed by atoms with Crippen LogP contribution in [0, 0.1) is 17.6 Å². The van der Waals surface area contributed by atoms with Gasteiger partial charge >= 0.3 is 5.97 Å². The Morgan fingerprint density at radius 2 is 1.95 bits per heavy atom. The number of rotatable bonds is 4. The van der Waals surface area contributed by atoms with Crippen LogP contribution in [0.4, 0.5) is 14.5 Å². The molecule has 1 aromatic carbocycles. The molecule has 1 amide bonds. The number of carbonyl (C=O) groups is 2. The monoisotopic (exact) mass is 298 g/mol. The van der Waals surface area contributed by atoms with Crippen molar-refractivity contribution in [2.24, 2.45) is 11.7 Å². The molecule has 1 saturated carbocycles. The Hall–Kier alpha value is -2.18. The fourth-order valence-corrected chi connectivity index (χ4v) is 2.61. The lowest BCUT2D eigenvalue weighted by Crippen LogP contribution is -2.31. The number of anilines is 1. The van der Waals surface area contributed by atoms with Crippen molar-refractivity contribution < 1.29 is 23.5 Å². The summed E-state index contributed by atoms with van der Waals surface area (Å²) in [5.41, 5.74) is 4.58. The number of carboxylic acids is 1. The lowest BCUT2D eigenvalue weighted by Gasteiger charge is -2.28. The van der Waals surface area contributed by atoms with Gasteiger partial charge in [-0.05, 0) is 25.3 Å². The molecule has 21 heavy (non-hydrogen) atoms. The van der Waals surface area contributed by atoms with Crippen molar-refractivity contribution in [2.45, 2.75) is 31.7 Å². The van der Waals surface area contributed by atoms with Gasteiger partial charge in [-0.15, -0.1) is 0 Å². The number of nitrogens with two attached hydrogens (primary N) is 1. The van der Waals surface area contributed by atoms with Crippen LogP contribution in [0.2, 0.25) is 0 Å². The van der Waals surface area contributed by atoms with E-state index in [0.717, 1.165) is 6.07 Å². The predicted octanol–water partition coefficient (Wildman–Crippen LogP) is 2.12. The fourth-order valence-electron chi connectivity index (χ4n) is 2.61. The standard InChI is InChI=1S/C14H16F2N2O3/c15-10-6-11(16)12(5-9(10)13(17)19)18-8-3-1-2-7(4-8)14(20)21/h5-8,18H,1-4H2,(H2,17,19)(H,20,21). The molecule has 0 aromatic heterocycles. The predicted molar refractivity (Wildman–Crippen MR) is 71.9 cm³/mol. The van der Waals surface area contributed by atoms with Crippen LogP contribution in [0.5, 0.6) is 0 Å². The number of hydrogen-bond acceptors (Lipinski definition) is 3. The average Bonchev–Trinajstić information content (AvgIpc) is 2.41. The normalized spacial score (nSPS) is 21.8. The number of carboxylic acid groups (broad SMARTS) is 1. The molecule has 0 bridgehead atoms. The van der Waals surface area contributed by atoms with E-state index in [1.54, 1.807) is 0 Å². The SMILES string of the molecule is NC(=O)c1cc(NC2CCCC(C(=O)O)C2)c(F)cc1F. The first-order chi connectivity index (χ1) is 9.88. The Kier molecular flexibility index (Phi) is 4.40. The van der Waals surface area contributed by atoms with E-state index in [1.807, 2.05) is 0 Å². The quantitative estimate of drug-likeness (QED) is 0.794. The minimum absolute atomic E-state index is 0.0405. The van der Waals surface area contributed by atoms with E-state index in [1.165, 1.54) is 0 Å². The van der Waals surface area contributed by atoms with Gasteiger partial charge in [0.25, 0.3) is 5.91 Å². The van der Waals surface area contributed by atoms with Gasteiger partial charge in [-0.3, -0.25) is 9.59 Å². The van der Waals surface area contributed by atoms with Gasteiger partial charge in [0.15, 0.2) is 0 Å². The van der Waals surface area contributed by atoms with Crippen molar-refractivity contribution in [1.29, 1.82) is 0 Å². The maximum atomic E-state index is 13.7. The number of primary amides is 1. The Bertz CT molecular complexity index is 578. The molecule has 0 aliphatic heterocycles. The molecule has 1 aromatic rings. The van der Waals surface area contributed by atoms with Crippen LogP contribution in [-0.4, -0.2) is 23.0 Å². The molecular formula is C14H16F2N2O3. The first-order valence-electron chi connectivity index (χ1n) is 6.66. The summed E-state index contributed by atoms with van der Waals surface area (Å²) in [5.74, 6) is -4.19. The number of benzene rings is 1. The third-order valence-corrected chi connectivity index (χ3v) is 3.71. The van der Waals surface area contributed by atoms with E-state index in [9.17, 15) is 18.4 Å². The second kappa shape index (κ2) is 6.07. The molecule has 114 valence electrons. The van der Waals surface area contributed by atoms with Crippen molar-refractivity contribution in [1.82, 2.24) is 0 Å². The van der Waals surface area contributed by atoms with Gasteiger partial charge in [0.1, 0.15) is 11.6 Å². The zero-order valence-corrected chi connectivity index (χ0v) is 11.2. The Morgan fingerprint density at radius 3 is 2.57 bits per heavy atom. The number of halogens is 2. The molecule has 2 atom stereocenters. The largest absolute Gasteiger partial charge is 0.481 e. The van der Waals surface area contributed by atoms with Crippen molar-refractivity contribution in [3.8, 4) is 0 Å². The van der Waals surface area contributed by atoms with Gasteiger partial charge in [0.2, 0.25) is 0 Å². The topological polar surface area (TPSA) is 92.4 Å². The van der Waals surface area contributed by atoms with Crippen LogP contribution in [0.3, 0.4) is 0 Å². The molecule has 0 spiro atoms. The molecule has 1 aliphatic rings. The van der Waals surface area contributed by atoms with Crippen LogP contribution in [0.1, 0.15) is 36.0 Å². The Labute approximate surface area is 120 Å². The first kappa shape index (κ1) is 15.2. The summed E-state index contributed by atoms with van der Waals surface area (Å²) in [6.45, 7) is 0. The summed E-state index contributed by atoms with van der Waals surface area (Å²) in [6, 6.07) is 1.39. The fraction of sp³-hybridized carbons (Fsp3) is 0.429. The minimum Gasteiger partial charge on any atom is -0.481 e. The molecule has 2 rings (SSSR count). The maximum absolute atomic E-state index is 13.7. The van der Waals surface area contributed by atoms with E-state index >= 15 is 0 Å². The van der Waals surface area contributed by atoms with Gasteiger partial charge in [-0.2, -0.15) is 0 Å². The zero-order valence-electron chi connectivity index (χ0n) is 11.2. The van der Waals surface area contributed by atoms with Gasteiger partial charge in [0.05, 0.1) is 17.2 Å². The highest BCUT2D eigenvalue weighted by Gasteiger charge is 2.27.